The van der Waals surface area contributed by atoms with Crippen LogP contribution in [0.15, 0.2) is 72.8 Å². The van der Waals surface area contributed by atoms with E-state index in [1.165, 1.54) is 27.2 Å². The number of anilines is 1. The van der Waals surface area contributed by atoms with Crippen molar-refractivity contribution in [3.8, 4) is 0 Å². The number of carbonyl (C=O) groups excluding carboxylic acids is 4. The standard InChI is InChI=1S/C34H34N2O5/c1-2-21-12-5-10-17-26(21)35-27(37)20-41-28(38)18-4-3-11-19-36-33(39)31-29-22-13-6-7-14-23(22)30(32(31)34(36)40)25-16-9-8-15-24(25)29/h5-10,12-17,29-32H,2-4,11,18-20H2,1H3,(H,35,37)/t29?,30?,31-,32+. The molecule has 0 saturated carbocycles. The highest BCUT2D eigenvalue weighted by molar-refractivity contribution is 6.07. The highest BCUT2D eigenvalue weighted by Gasteiger charge is 2.61. The van der Waals surface area contributed by atoms with E-state index in [-0.39, 0.29) is 54.4 Å². The summed E-state index contributed by atoms with van der Waals surface area (Å²) in [6, 6.07) is 24.0. The van der Waals surface area contributed by atoms with Gasteiger partial charge in [0.15, 0.2) is 6.61 Å². The van der Waals surface area contributed by atoms with E-state index in [4.69, 9.17) is 4.74 Å². The van der Waals surface area contributed by atoms with E-state index >= 15 is 0 Å². The Morgan fingerprint density at radius 3 is 1.85 bits per heavy atom. The first-order valence-corrected chi connectivity index (χ1v) is 14.6. The zero-order valence-electron chi connectivity index (χ0n) is 23.2. The van der Waals surface area contributed by atoms with E-state index in [2.05, 4.69) is 29.6 Å². The maximum Gasteiger partial charge on any atom is 0.306 e. The van der Waals surface area contributed by atoms with Crippen LogP contribution in [0, 0.1) is 11.8 Å². The highest BCUT2D eigenvalue weighted by atomic mass is 16.5. The number of ether oxygens (including phenoxy) is 1. The van der Waals surface area contributed by atoms with Gasteiger partial charge in [0.05, 0.1) is 11.8 Å². The van der Waals surface area contributed by atoms with Crippen LogP contribution in [-0.4, -0.2) is 41.7 Å². The van der Waals surface area contributed by atoms with Crippen LogP contribution in [0.25, 0.3) is 0 Å². The molecule has 4 aliphatic rings. The summed E-state index contributed by atoms with van der Waals surface area (Å²) in [4.78, 5) is 53.2. The van der Waals surface area contributed by atoms with Gasteiger partial charge in [0.2, 0.25) is 11.8 Å². The summed E-state index contributed by atoms with van der Waals surface area (Å²) in [5.41, 5.74) is 6.42. The van der Waals surface area contributed by atoms with Crippen molar-refractivity contribution in [2.75, 3.05) is 18.5 Å². The number of imide groups is 1. The average molecular weight is 551 g/mol. The zero-order valence-corrected chi connectivity index (χ0v) is 23.2. The van der Waals surface area contributed by atoms with Crippen molar-refractivity contribution in [2.24, 2.45) is 11.8 Å². The molecule has 41 heavy (non-hydrogen) atoms. The van der Waals surface area contributed by atoms with Crippen LogP contribution >= 0.6 is 0 Å². The lowest BCUT2D eigenvalue weighted by molar-refractivity contribution is -0.147. The molecule has 1 fully saturated rings. The van der Waals surface area contributed by atoms with E-state index in [1.807, 2.05) is 55.5 Å². The fourth-order valence-corrected chi connectivity index (χ4v) is 7.03. The molecule has 0 radical (unpaired) electrons. The van der Waals surface area contributed by atoms with Gasteiger partial charge in [-0.25, -0.2) is 0 Å². The minimum atomic E-state index is -0.435. The van der Waals surface area contributed by atoms with Gasteiger partial charge in [-0.2, -0.15) is 0 Å². The first-order valence-electron chi connectivity index (χ1n) is 14.6. The molecular formula is C34H34N2O5. The smallest absolute Gasteiger partial charge is 0.306 e. The van der Waals surface area contributed by atoms with E-state index in [0.29, 0.717) is 25.8 Å². The van der Waals surface area contributed by atoms with Crippen molar-refractivity contribution >= 4 is 29.4 Å². The Labute approximate surface area is 239 Å². The lowest BCUT2D eigenvalue weighted by Gasteiger charge is -2.45. The molecule has 7 rings (SSSR count). The number of carbonyl (C=O) groups is 4. The number of esters is 1. The fourth-order valence-electron chi connectivity index (χ4n) is 7.03. The summed E-state index contributed by atoms with van der Waals surface area (Å²) in [5.74, 6) is -1.86. The van der Waals surface area contributed by atoms with Crippen molar-refractivity contribution in [3.05, 3.63) is 101 Å². The Kier molecular flexibility index (Phi) is 7.43. The van der Waals surface area contributed by atoms with E-state index in [0.717, 1.165) is 17.7 Å². The molecule has 1 saturated heterocycles. The van der Waals surface area contributed by atoms with Crippen LogP contribution < -0.4 is 5.32 Å². The second kappa shape index (κ2) is 11.3. The third kappa shape index (κ3) is 4.83. The summed E-state index contributed by atoms with van der Waals surface area (Å²) in [7, 11) is 0. The van der Waals surface area contributed by atoms with Gasteiger partial charge in [-0.3, -0.25) is 24.1 Å². The van der Waals surface area contributed by atoms with Crippen molar-refractivity contribution in [1.82, 2.24) is 4.90 Å². The van der Waals surface area contributed by atoms with E-state index in [9.17, 15) is 19.2 Å². The molecular weight excluding hydrogens is 516 g/mol. The van der Waals surface area contributed by atoms with Crippen molar-refractivity contribution in [2.45, 2.75) is 50.9 Å². The first kappa shape index (κ1) is 26.9. The first-order chi connectivity index (χ1) is 20.0. The van der Waals surface area contributed by atoms with Crippen LogP contribution in [0.5, 0.6) is 0 Å². The number of hydrogen-bond donors (Lipinski definition) is 1. The molecule has 0 aromatic heterocycles. The number of hydrogen-bond acceptors (Lipinski definition) is 5. The van der Waals surface area contributed by atoms with Gasteiger partial charge >= 0.3 is 5.97 Å². The number of likely N-dealkylation sites (tertiary alicyclic amines) is 1. The van der Waals surface area contributed by atoms with Crippen molar-refractivity contribution < 1.29 is 23.9 Å². The summed E-state index contributed by atoms with van der Waals surface area (Å²) >= 11 is 0. The minimum Gasteiger partial charge on any atom is -0.456 e. The van der Waals surface area contributed by atoms with Gasteiger partial charge in [-0.05, 0) is 53.1 Å². The quantitative estimate of drug-likeness (QED) is 0.213. The lowest BCUT2D eigenvalue weighted by atomic mass is 9.55. The summed E-state index contributed by atoms with van der Waals surface area (Å²) < 4.78 is 5.15. The molecule has 1 heterocycles. The monoisotopic (exact) mass is 550 g/mol. The Morgan fingerprint density at radius 1 is 0.756 bits per heavy atom. The SMILES string of the molecule is CCc1ccccc1NC(=O)COC(=O)CCCCCN1C(=O)[C@@H]2C3c4ccccc4C(c4ccccc43)[C@@H]2C1=O. The molecule has 3 aromatic carbocycles. The second-order valence-electron chi connectivity index (χ2n) is 11.1. The summed E-state index contributed by atoms with van der Waals surface area (Å²) in [6.45, 7) is 2.03. The number of nitrogens with zero attached hydrogens (tertiary/aromatic N) is 1. The number of aryl methyl sites for hydroxylation is 1. The molecule has 2 bridgehead atoms. The average Bonchev–Trinajstić information content (AvgIpc) is 3.25. The van der Waals surface area contributed by atoms with Gasteiger partial charge in [0.1, 0.15) is 0 Å². The summed E-state index contributed by atoms with van der Waals surface area (Å²) in [5, 5.41) is 2.79. The Morgan fingerprint density at radius 2 is 1.29 bits per heavy atom. The second-order valence-corrected chi connectivity index (χ2v) is 11.1. The fraction of sp³-hybridized carbons (Fsp3) is 0.353. The topological polar surface area (TPSA) is 92.8 Å². The predicted molar refractivity (Wildman–Crippen MR) is 154 cm³/mol. The predicted octanol–water partition coefficient (Wildman–Crippen LogP) is 5.18. The highest BCUT2D eigenvalue weighted by Crippen LogP contribution is 2.60. The number of amides is 3. The van der Waals surface area contributed by atoms with Crippen LogP contribution in [0.3, 0.4) is 0 Å². The van der Waals surface area contributed by atoms with E-state index < -0.39 is 5.97 Å². The number of benzene rings is 3. The minimum absolute atomic E-state index is 0.0749. The molecule has 210 valence electrons. The molecule has 3 aliphatic carbocycles. The van der Waals surface area contributed by atoms with Crippen LogP contribution in [-0.2, 0) is 30.3 Å². The van der Waals surface area contributed by atoms with Gasteiger partial charge in [0, 0.05) is 30.5 Å². The van der Waals surface area contributed by atoms with Crippen molar-refractivity contribution in [3.63, 3.8) is 0 Å². The van der Waals surface area contributed by atoms with Crippen LogP contribution in [0.1, 0.15) is 72.3 Å². The Balaban J connectivity index is 0.997. The Hall–Kier alpha value is -4.26. The molecule has 0 unspecified atom stereocenters. The Bertz CT molecular complexity index is 1400. The maximum atomic E-state index is 13.6. The number of nitrogens with one attached hydrogen (secondary N) is 1. The van der Waals surface area contributed by atoms with Gasteiger partial charge < -0.3 is 10.1 Å². The lowest BCUT2D eigenvalue weighted by Crippen LogP contribution is -2.41. The molecule has 3 aromatic rings. The van der Waals surface area contributed by atoms with Gasteiger partial charge in [0.25, 0.3) is 5.91 Å². The van der Waals surface area contributed by atoms with Crippen LogP contribution in [0.2, 0.25) is 0 Å². The van der Waals surface area contributed by atoms with Crippen molar-refractivity contribution in [1.29, 1.82) is 0 Å². The molecule has 7 heteroatoms. The van der Waals surface area contributed by atoms with Gasteiger partial charge in [-0.15, -0.1) is 0 Å². The van der Waals surface area contributed by atoms with Gasteiger partial charge in [-0.1, -0.05) is 80.1 Å². The molecule has 1 N–H and O–H groups in total. The molecule has 2 atom stereocenters. The molecule has 3 amide bonds. The third-order valence-corrected chi connectivity index (χ3v) is 8.84. The largest absolute Gasteiger partial charge is 0.456 e. The third-order valence-electron chi connectivity index (χ3n) is 8.84. The summed E-state index contributed by atoms with van der Waals surface area (Å²) in [6.07, 6.45) is 2.82. The number of para-hydroxylation sites is 1. The number of rotatable bonds is 10. The van der Waals surface area contributed by atoms with E-state index in [1.54, 1.807) is 0 Å². The zero-order chi connectivity index (χ0) is 28.5. The molecule has 1 aliphatic heterocycles. The normalized spacial score (nSPS) is 21.7. The molecule has 0 spiro atoms. The molecule has 7 nitrogen and oxygen atoms in total. The van der Waals surface area contributed by atoms with Crippen LogP contribution in [0.4, 0.5) is 5.69 Å². The maximum absolute atomic E-state index is 13.6. The number of unbranched alkanes of at least 4 members (excludes halogenated alkanes) is 2.